The van der Waals surface area contributed by atoms with E-state index in [1.807, 2.05) is 11.3 Å². The van der Waals surface area contributed by atoms with Crippen LogP contribution in [0.4, 0.5) is 0 Å². The molecule has 0 saturated carbocycles. The van der Waals surface area contributed by atoms with Crippen molar-refractivity contribution >= 4 is 11.3 Å². The smallest absolute Gasteiger partial charge is 0.0321 e. The third kappa shape index (κ3) is 2.93. The van der Waals surface area contributed by atoms with E-state index in [9.17, 15) is 0 Å². The highest BCUT2D eigenvalue weighted by Crippen LogP contribution is 2.15. The quantitative estimate of drug-likeness (QED) is 0.764. The lowest BCUT2D eigenvalue weighted by Gasteiger charge is -2.05. The van der Waals surface area contributed by atoms with Gasteiger partial charge in [0.05, 0.1) is 0 Å². The normalized spacial score (nSPS) is 11.0. The first-order chi connectivity index (χ1) is 5.72. The summed E-state index contributed by atoms with van der Waals surface area (Å²) in [6.07, 6.45) is 1.00. The molecule has 2 nitrogen and oxygen atoms in total. The number of hydrogen-bond donors (Lipinski definition) is 1. The van der Waals surface area contributed by atoms with Gasteiger partial charge in [0.2, 0.25) is 0 Å². The molecule has 2 N–H and O–H groups in total. The van der Waals surface area contributed by atoms with Crippen molar-refractivity contribution < 1.29 is 0 Å². The molecule has 0 atom stereocenters. The van der Waals surface area contributed by atoms with Crippen molar-refractivity contribution in [2.75, 3.05) is 20.6 Å². The van der Waals surface area contributed by atoms with Crippen LogP contribution in [0.2, 0.25) is 0 Å². The average Bonchev–Trinajstić information content (AvgIpc) is 2.36. The maximum Gasteiger partial charge on any atom is 0.0321 e. The predicted octanol–water partition coefficient (Wildman–Crippen LogP) is 1.31. The Labute approximate surface area is 78.0 Å². The van der Waals surface area contributed by atoms with Gasteiger partial charge in [-0.3, -0.25) is 0 Å². The Morgan fingerprint density at radius 3 is 2.83 bits per heavy atom. The zero-order valence-corrected chi connectivity index (χ0v) is 8.53. The van der Waals surface area contributed by atoms with Crippen molar-refractivity contribution in [1.29, 1.82) is 0 Å². The maximum atomic E-state index is 5.47. The highest BCUT2D eigenvalue weighted by Gasteiger charge is 1.99. The van der Waals surface area contributed by atoms with Crippen LogP contribution < -0.4 is 5.73 Å². The van der Waals surface area contributed by atoms with Crippen LogP contribution in [0.3, 0.4) is 0 Å². The summed E-state index contributed by atoms with van der Waals surface area (Å²) in [6.45, 7) is 1.79. The first kappa shape index (κ1) is 9.71. The van der Waals surface area contributed by atoms with Gasteiger partial charge in [-0.25, -0.2) is 0 Å². The summed E-state index contributed by atoms with van der Waals surface area (Å²) >= 11 is 1.82. The Kier molecular flexibility index (Phi) is 3.72. The van der Waals surface area contributed by atoms with Gasteiger partial charge in [0.15, 0.2) is 0 Å². The molecule has 12 heavy (non-hydrogen) atoms. The van der Waals surface area contributed by atoms with E-state index in [1.54, 1.807) is 0 Å². The molecule has 68 valence electrons. The summed E-state index contributed by atoms with van der Waals surface area (Å²) < 4.78 is 0. The largest absolute Gasteiger partial charge is 0.330 e. The summed E-state index contributed by atoms with van der Waals surface area (Å²) in [5, 5.41) is 2.20. The first-order valence-electron chi connectivity index (χ1n) is 4.13. The van der Waals surface area contributed by atoms with E-state index in [2.05, 4.69) is 30.4 Å². The molecule has 3 heteroatoms. The molecule has 0 radical (unpaired) electrons. The Bertz CT molecular complexity index is 230. The Morgan fingerprint density at radius 2 is 2.25 bits per heavy atom. The SMILES string of the molecule is CN(C)Cc1cc(CCN)cs1. The van der Waals surface area contributed by atoms with Gasteiger partial charge in [-0.05, 0) is 44.1 Å². The molecule has 1 aromatic rings. The lowest BCUT2D eigenvalue weighted by atomic mass is 10.2. The van der Waals surface area contributed by atoms with Gasteiger partial charge in [-0.1, -0.05) is 0 Å². The second-order valence-electron chi connectivity index (χ2n) is 3.20. The lowest BCUT2D eigenvalue weighted by molar-refractivity contribution is 0.406. The van der Waals surface area contributed by atoms with E-state index in [0.717, 1.165) is 19.5 Å². The van der Waals surface area contributed by atoms with E-state index >= 15 is 0 Å². The van der Waals surface area contributed by atoms with Crippen LogP contribution in [0, 0.1) is 0 Å². The minimum absolute atomic E-state index is 0.748. The standard InChI is InChI=1S/C9H16N2S/c1-11(2)6-9-5-8(3-4-10)7-12-9/h5,7H,3-4,6,10H2,1-2H3. The van der Waals surface area contributed by atoms with Crippen molar-refractivity contribution in [1.82, 2.24) is 4.90 Å². The summed E-state index contributed by atoms with van der Waals surface area (Å²) in [5.41, 5.74) is 6.84. The molecule has 0 fully saturated rings. The van der Waals surface area contributed by atoms with Crippen molar-refractivity contribution in [3.63, 3.8) is 0 Å². The summed E-state index contributed by atoms with van der Waals surface area (Å²) in [7, 11) is 4.17. The topological polar surface area (TPSA) is 29.3 Å². The molecule has 0 unspecified atom stereocenters. The Balaban J connectivity index is 2.52. The summed E-state index contributed by atoms with van der Waals surface area (Å²) in [6, 6.07) is 2.25. The second kappa shape index (κ2) is 4.60. The predicted molar refractivity (Wildman–Crippen MR) is 54.5 cm³/mol. The van der Waals surface area contributed by atoms with Gasteiger partial charge in [0, 0.05) is 11.4 Å². The van der Waals surface area contributed by atoms with Crippen molar-refractivity contribution in [2.45, 2.75) is 13.0 Å². The van der Waals surface area contributed by atoms with Crippen molar-refractivity contribution in [3.05, 3.63) is 21.9 Å². The molecule has 1 heterocycles. The Morgan fingerprint density at radius 1 is 1.50 bits per heavy atom. The van der Waals surface area contributed by atoms with Crippen LogP contribution in [-0.2, 0) is 13.0 Å². The summed E-state index contributed by atoms with van der Waals surface area (Å²) in [4.78, 5) is 3.60. The minimum atomic E-state index is 0.748. The van der Waals surface area contributed by atoms with Crippen molar-refractivity contribution in [3.8, 4) is 0 Å². The third-order valence-corrected chi connectivity index (χ3v) is 2.58. The van der Waals surface area contributed by atoms with Gasteiger partial charge in [-0.15, -0.1) is 11.3 Å². The molecule has 0 aliphatic carbocycles. The fourth-order valence-electron chi connectivity index (χ4n) is 1.12. The molecular weight excluding hydrogens is 168 g/mol. The van der Waals surface area contributed by atoms with Crippen LogP contribution in [0.1, 0.15) is 10.4 Å². The average molecular weight is 184 g/mol. The van der Waals surface area contributed by atoms with Gasteiger partial charge < -0.3 is 10.6 Å². The molecule has 0 aliphatic heterocycles. The molecule has 1 aromatic heterocycles. The van der Waals surface area contributed by atoms with E-state index < -0.39 is 0 Å². The van der Waals surface area contributed by atoms with Crippen LogP contribution in [0.5, 0.6) is 0 Å². The van der Waals surface area contributed by atoms with E-state index in [4.69, 9.17) is 5.73 Å². The van der Waals surface area contributed by atoms with E-state index in [1.165, 1.54) is 10.4 Å². The zero-order chi connectivity index (χ0) is 8.97. The fourth-order valence-corrected chi connectivity index (χ4v) is 2.16. The maximum absolute atomic E-state index is 5.47. The Hall–Kier alpha value is -0.380. The zero-order valence-electron chi connectivity index (χ0n) is 7.71. The number of thiophene rings is 1. The van der Waals surface area contributed by atoms with Crippen LogP contribution in [0.15, 0.2) is 11.4 Å². The molecule has 0 saturated heterocycles. The van der Waals surface area contributed by atoms with E-state index in [-0.39, 0.29) is 0 Å². The highest BCUT2D eigenvalue weighted by molar-refractivity contribution is 7.10. The molecule has 0 amide bonds. The summed E-state index contributed by atoms with van der Waals surface area (Å²) in [5.74, 6) is 0. The lowest BCUT2D eigenvalue weighted by Crippen LogP contribution is -2.09. The molecule has 0 spiro atoms. The highest BCUT2D eigenvalue weighted by atomic mass is 32.1. The molecule has 1 rings (SSSR count). The first-order valence-corrected chi connectivity index (χ1v) is 5.01. The van der Waals surface area contributed by atoms with Gasteiger partial charge in [-0.2, -0.15) is 0 Å². The monoisotopic (exact) mass is 184 g/mol. The van der Waals surface area contributed by atoms with Crippen LogP contribution in [-0.4, -0.2) is 25.5 Å². The molecule has 0 aliphatic rings. The van der Waals surface area contributed by atoms with Gasteiger partial charge in [0.1, 0.15) is 0 Å². The van der Waals surface area contributed by atoms with Gasteiger partial charge in [0.25, 0.3) is 0 Å². The third-order valence-electron chi connectivity index (χ3n) is 1.61. The van der Waals surface area contributed by atoms with Gasteiger partial charge >= 0.3 is 0 Å². The molecular formula is C9H16N2S. The minimum Gasteiger partial charge on any atom is -0.330 e. The number of rotatable bonds is 4. The molecule has 0 bridgehead atoms. The number of nitrogens with two attached hydrogens (primary N) is 1. The van der Waals surface area contributed by atoms with Crippen LogP contribution >= 0.6 is 11.3 Å². The molecule has 0 aromatic carbocycles. The second-order valence-corrected chi connectivity index (χ2v) is 4.19. The number of hydrogen-bond acceptors (Lipinski definition) is 3. The van der Waals surface area contributed by atoms with E-state index in [0.29, 0.717) is 0 Å². The number of nitrogens with zero attached hydrogens (tertiary/aromatic N) is 1. The van der Waals surface area contributed by atoms with Crippen LogP contribution in [0.25, 0.3) is 0 Å². The van der Waals surface area contributed by atoms with Crippen molar-refractivity contribution in [2.24, 2.45) is 5.73 Å². The fraction of sp³-hybridized carbons (Fsp3) is 0.556.